The number of amides is 1. The first-order valence-electron chi connectivity index (χ1n) is 9.85. The predicted molar refractivity (Wildman–Crippen MR) is 110 cm³/mol. The lowest BCUT2D eigenvalue weighted by molar-refractivity contribution is -0.0793. The molecule has 30 heavy (non-hydrogen) atoms. The van der Waals surface area contributed by atoms with Crippen LogP contribution in [0, 0.1) is 0 Å². The maximum absolute atomic E-state index is 13.4. The molecular formula is C21H23F2N5O2. The summed E-state index contributed by atoms with van der Waals surface area (Å²) >= 11 is 0. The highest BCUT2D eigenvalue weighted by atomic mass is 19.3. The Kier molecular flexibility index (Phi) is 5.38. The Bertz CT molecular complexity index is 1040. The number of fused-ring (bicyclic) bond motifs is 1. The Hall–Kier alpha value is -3.07. The molecule has 0 radical (unpaired) electrons. The number of hydrogen-bond donors (Lipinski definition) is 4. The number of rotatable bonds is 7. The molecule has 1 amide bonds. The molecule has 3 aromatic rings. The highest BCUT2D eigenvalue weighted by Gasteiger charge is 2.45. The van der Waals surface area contributed by atoms with Crippen LogP contribution in [0.3, 0.4) is 0 Å². The highest BCUT2D eigenvalue weighted by Crippen LogP contribution is 2.41. The zero-order valence-corrected chi connectivity index (χ0v) is 16.5. The molecule has 1 aliphatic rings. The van der Waals surface area contributed by atoms with E-state index in [1.807, 2.05) is 18.2 Å². The minimum absolute atomic E-state index is 0.276. The van der Waals surface area contributed by atoms with Gasteiger partial charge >= 0.3 is 0 Å². The summed E-state index contributed by atoms with van der Waals surface area (Å²) in [6.45, 7) is 1.94. The van der Waals surface area contributed by atoms with Crippen molar-refractivity contribution in [3.8, 4) is 11.1 Å². The Morgan fingerprint density at radius 2 is 2.13 bits per heavy atom. The van der Waals surface area contributed by atoms with Gasteiger partial charge in [0.05, 0.1) is 29.1 Å². The number of aromatic amines is 1. The summed E-state index contributed by atoms with van der Waals surface area (Å²) < 4.78 is 26.8. The van der Waals surface area contributed by atoms with Crippen molar-refractivity contribution in [2.45, 2.75) is 44.3 Å². The average molecular weight is 415 g/mol. The van der Waals surface area contributed by atoms with Crippen molar-refractivity contribution in [1.82, 2.24) is 20.5 Å². The molecule has 2 heterocycles. The number of alkyl halides is 2. The van der Waals surface area contributed by atoms with Crippen LogP contribution in [-0.4, -0.2) is 50.8 Å². The van der Waals surface area contributed by atoms with Crippen LogP contribution in [0.4, 0.5) is 14.5 Å². The van der Waals surface area contributed by atoms with Crippen molar-refractivity contribution in [2.24, 2.45) is 0 Å². The molecule has 2 aromatic heterocycles. The van der Waals surface area contributed by atoms with E-state index >= 15 is 0 Å². The van der Waals surface area contributed by atoms with E-state index in [2.05, 4.69) is 25.8 Å². The van der Waals surface area contributed by atoms with Gasteiger partial charge in [0.1, 0.15) is 0 Å². The summed E-state index contributed by atoms with van der Waals surface area (Å²) in [5, 5.41) is 22.7. The third-order valence-electron chi connectivity index (χ3n) is 5.23. The zero-order valence-electron chi connectivity index (χ0n) is 16.5. The van der Waals surface area contributed by atoms with E-state index in [-0.39, 0.29) is 24.3 Å². The van der Waals surface area contributed by atoms with Crippen LogP contribution in [-0.2, 0) is 0 Å². The number of pyridine rings is 1. The predicted octanol–water partition coefficient (Wildman–Crippen LogP) is 3.34. The van der Waals surface area contributed by atoms with Crippen molar-refractivity contribution >= 4 is 22.5 Å². The third-order valence-corrected chi connectivity index (χ3v) is 5.23. The molecule has 7 nitrogen and oxygen atoms in total. The smallest absolute Gasteiger partial charge is 0.254 e. The van der Waals surface area contributed by atoms with Gasteiger partial charge in [0.2, 0.25) is 0 Å². The number of carbonyl (C=O) groups excluding carboxylic acids is 1. The first-order chi connectivity index (χ1) is 14.3. The fraction of sp³-hybridized carbons (Fsp3) is 0.381. The number of aromatic nitrogens is 3. The quantitative estimate of drug-likeness (QED) is 0.474. The van der Waals surface area contributed by atoms with Gasteiger partial charge in [-0.15, -0.1) is 0 Å². The molecule has 1 fully saturated rings. The second kappa shape index (κ2) is 7.98. The molecule has 1 aliphatic carbocycles. The molecule has 0 bridgehead atoms. The van der Waals surface area contributed by atoms with Crippen LogP contribution >= 0.6 is 0 Å². The molecule has 1 saturated carbocycles. The van der Waals surface area contributed by atoms with Crippen LogP contribution < -0.4 is 10.6 Å². The molecule has 4 N–H and O–H groups in total. The molecule has 4 rings (SSSR count). The number of anilines is 1. The largest absolute Gasteiger partial charge is 0.393 e. The number of nitrogens with zero attached hydrogens (tertiary/aromatic N) is 2. The lowest BCUT2D eigenvalue weighted by atomic mass is 9.87. The summed E-state index contributed by atoms with van der Waals surface area (Å²) in [4.78, 5) is 17.2. The standard InChI is InChI=1S/C21H23F2N5O2/c1-12(29)4-5-24-20(30)17-11-25-18-3-2-13(14-9-26-27-10-14)6-16(18)19(17)28-15-7-21(22,23)8-15/h2-3,6,9-12,15,29H,4-5,7-8H2,1H3,(H,24,30)(H,25,28)(H,26,27). The van der Waals surface area contributed by atoms with E-state index in [4.69, 9.17) is 0 Å². The molecule has 1 atom stereocenters. The molecule has 158 valence electrons. The fourth-order valence-corrected chi connectivity index (χ4v) is 3.57. The number of aliphatic hydroxyl groups is 1. The van der Waals surface area contributed by atoms with E-state index in [0.29, 0.717) is 29.6 Å². The summed E-state index contributed by atoms with van der Waals surface area (Å²) in [7, 11) is 0. The maximum atomic E-state index is 13.4. The number of benzene rings is 1. The van der Waals surface area contributed by atoms with Gasteiger partial charge in [-0.25, -0.2) is 8.78 Å². The maximum Gasteiger partial charge on any atom is 0.254 e. The summed E-state index contributed by atoms with van der Waals surface area (Å²) in [5.74, 6) is -3.05. The summed E-state index contributed by atoms with van der Waals surface area (Å²) in [5.41, 5.74) is 3.15. The molecule has 9 heteroatoms. The molecule has 0 aliphatic heterocycles. The van der Waals surface area contributed by atoms with E-state index in [1.165, 1.54) is 6.20 Å². The normalized spacial score (nSPS) is 16.8. The number of hydrogen-bond acceptors (Lipinski definition) is 5. The van der Waals surface area contributed by atoms with Crippen LogP contribution in [0.25, 0.3) is 22.0 Å². The van der Waals surface area contributed by atoms with Crippen molar-refractivity contribution in [3.05, 3.63) is 42.4 Å². The van der Waals surface area contributed by atoms with Gasteiger partial charge in [-0.1, -0.05) is 6.07 Å². The minimum Gasteiger partial charge on any atom is -0.393 e. The molecular weight excluding hydrogens is 392 g/mol. The Morgan fingerprint density at radius 1 is 1.33 bits per heavy atom. The number of nitrogens with one attached hydrogen (secondary N) is 3. The monoisotopic (exact) mass is 415 g/mol. The first kappa shape index (κ1) is 20.2. The number of H-pyrrole nitrogens is 1. The number of halogens is 2. The van der Waals surface area contributed by atoms with Crippen LogP contribution in [0.1, 0.15) is 36.5 Å². The third kappa shape index (κ3) is 4.25. The van der Waals surface area contributed by atoms with E-state index < -0.39 is 18.1 Å². The first-order valence-corrected chi connectivity index (χ1v) is 9.85. The Morgan fingerprint density at radius 3 is 2.80 bits per heavy atom. The van der Waals surface area contributed by atoms with E-state index in [1.54, 1.807) is 19.3 Å². The van der Waals surface area contributed by atoms with Crippen molar-refractivity contribution in [2.75, 3.05) is 11.9 Å². The Labute approximate surface area is 171 Å². The zero-order chi connectivity index (χ0) is 21.3. The lowest BCUT2D eigenvalue weighted by Crippen LogP contribution is -2.44. The highest BCUT2D eigenvalue weighted by molar-refractivity contribution is 6.07. The number of aliphatic hydroxyl groups excluding tert-OH is 1. The van der Waals surface area contributed by atoms with Gasteiger partial charge in [-0.05, 0) is 31.0 Å². The van der Waals surface area contributed by atoms with Gasteiger partial charge in [-0.2, -0.15) is 5.10 Å². The van der Waals surface area contributed by atoms with E-state index in [0.717, 1.165) is 11.1 Å². The Balaban J connectivity index is 1.71. The average Bonchev–Trinajstić information content (AvgIpc) is 3.20. The second-order valence-electron chi connectivity index (χ2n) is 7.76. The number of carbonyl (C=O) groups is 1. The summed E-state index contributed by atoms with van der Waals surface area (Å²) in [6.07, 6.45) is 4.21. The van der Waals surface area contributed by atoms with Gasteiger partial charge in [-0.3, -0.25) is 14.9 Å². The van der Waals surface area contributed by atoms with Crippen LogP contribution in [0.15, 0.2) is 36.8 Å². The lowest BCUT2D eigenvalue weighted by Gasteiger charge is -2.36. The van der Waals surface area contributed by atoms with Crippen molar-refractivity contribution in [3.63, 3.8) is 0 Å². The molecule has 1 unspecified atom stereocenters. The van der Waals surface area contributed by atoms with Crippen molar-refractivity contribution < 1.29 is 18.7 Å². The van der Waals surface area contributed by atoms with Crippen molar-refractivity contribution in [1.29, 1.82) is 0 Å². The fourth-order valence-electron chi connectivity index (χ4n) is 3.57. The van der Waals surface area contributed by atoms with Gasteiger partial charge < -0.3 is 15.7 Å². The molecule has 0 saturated heterocycles. The van der Waals surface area contributed by atoms with Crippen LogP contribution in [0.2, 0.25) is 0 Å². The van der Waals surface area contributed by atoms with E-state index in [9.17, 15) is 18.7 Å². The van der Waals surface area contributed by atoms with Gasteiger partial charge in [0.15, 0.2) is 0 Å². The van der Waals surface area contributed by atoms with Gasteiger partial charge in [0, 0.05) is 48.8 Å². The molecule has 1 aromatic carbocycles. The SMILES string of the molecule is CC(O)CCNC(=O)c1cnc2ccc(-c3cn[nH]c3)cc2c1NC1CC(F)(F)C1. The van der Waals surface area contributed by atoms with Gasteiger partial charge in [0.25, 0.3) is 11.8 Å². The minimum atomic E-state index is -2.68. The topological polar surface area (TPSA) is 103 Å². The summed E-state index contributed by atoms with van der Waals surface area (Å²) in [6, 6.07) is 5.17. The van der Waals surface area contributed by atoms with Crippen LogP contribution in [0.5, 0.6) is 0 Å². The second-order valence-corrected chi connectivity index (χ2v) is 7.76. The molecule has 0 spiro atoms.